The van der Waals surface area contributed by atoms with Crippen molar-refractivity contribution in [3.05, 3.63) is 35.4 Å². The summed E-state index contributed by atoms with van der Waals surface area (Å²) in [5.41, 5.74) is 5.78. The van der Waals surface area contributed by atoms with Crippen molar-refractivity contribution < 1.29 is 23.9 Å². The number of benzene rings is 1. The molecule has 1 fully saturated rings. The molecule has 1 aromatic rings. The summed E-state index contributed by atoms with van der Waals surface area (Å²) in [4.78, 5) is 38.5. The van der Waals surface area contributed by atoms with E-state index in [1.54, 1.807) is 56.9 Å². The van der Waals surface area contributed by atoms with Crippen LogP contribution >= 0.6 is 0 Å². The molecule has 0 bridgehead atoms. The van der Waals surface area contributed by atoms with Gasteiger partial charge in [0, 0.05) is 24.2 Å². The van der Waals surface area contributed by atoms with Crippen LogP contribution in [0, 0.1) is 5.41 Å². The van der Waals surface area contributed by atoms with Crippen molar-refractivity contribution in [1.82, 2.24) is 10.2 Å². The van der Waals surface area contributed by atoms with Gasteiger partial charge in [0.15, 0.2) is 0 Å². The lowest BCUT2D eigenvalue weighted by molar-refractivity contribution is -0.163. The zero-order valence-electron chi connectivity index (χ0n) is 18.6. The zero-order valence-corrected chi connectivity index (χ0v) is 18.6. The maximum absolute atomic E-state index is 12.7. The van der Waals surface area contributed by atoms with Crippen molar-refractivity contribution in [2.45, 2.75) is 58.3 Å². The first kappa shape index (κ1) is 24.3. The van der Waals surface area contributed by atoms with E-state index >= 15 is 0 Å². The molecule has 1 aromatic carbocycles. The van der Waals surface area contributed by atoms with Crippen LogP contribution in [0.4, 0.5) is 0 Å². The number of nitrogen functional groups attached to an aromatic ring is 1. The summed E-state index contributed by atoms with van der Waals surface area (Å²) in [6.07, 6.45) is 1.12. The fraction of sp³-hybridized carbons (Fsp3) is 0.545. The lowest BCUT2D eigenvalue weighted by Crippen LogP contribution is -2.50. The molecular weight excluding hydrogens is 400 g/mol. The number of carbonyl (C=O) groups excluding carboxylic acids is 3. The Morgan fingerprint density at radius 3 is 2.23 bits per heavy atom. The van der Waals surface area contributed by atoms with Gasteiger partial charge in [0.25, 0.3) is 5.91 Å². The number of nitrogens with two attached hydrogens (primary N) is 1. The maximum Gasteiger partial charge on any atom is 0.332 e. The Balaban J connectivity index is 1.77. The fourth-order valence-corrected chi connectivity index (χ4v) is 3.22. The van der Waals surface area contributed by atoms with Gasteiger partial charge in [-0.25, -0.2) is 4.79 Å². The fourth-order valence-electron chi connectivity index (χ4n) is 3.22. The number of rotatable bonds is 7. The molecule has 1 saturated heterocycles. The standard InChI is InChI=1S/C22H32N4O5/c1-14(25-20(28)16-7-5-15(6-8-16)19(23)24)21(29)26-11-9-17(10-12-26)30-13-18(27)31-22(2,3)4/h5-8,14,17H,9-13H2,1-4H3,(H3,23,24)(H,25,28)/t14-/m1/s1. The molecule has 1 aliphatic heterocycles. The topological polar surface area (TPSA) is 135 Å². The molecule has 1 heterocycles. The minimum Gasteiger partial charge on any atom is -0.458 e. The first-order valence-corrected chi connectivity index (χ1v) is 10.3. The molecule has 9 heteroatoms. The van der Waals surface area contributed by atoms with Crippen LogP contribution in [0.2, 0.25) is 0 Å². The minimum atomic E-state index is -0.681. The summed E-state index contributed by atoms with van der Waals surface area (Å²) in [5.74, 6) is -1.02. The quantitative estimate of drug-likeness (QED) is 0.339. The molecule has 9 nitrogen and oxygen atoms in total. The van der Waals surface area contributed by atoms with E-state index in [4.69, 9.17) is 20.6 Å². The SMILES string of the molecule is C[C@@H](NC(=O)c1ccc(C(=N)N)cc1)C(=O)N1CCC(OCC(=O)OC(C)(C)C)CC1. The number of amidine groups is 1. The van der Waals surface area contributed by atoms with Crippen LogP contribution in [-0.2, 0) is 19.1 Å². The Kier molecular flexibility index (Phi) is 8.15. The first-order valence-electron chi connectivity index (χ1n) is 10.3. The van der Waals surface area contributed by atoms with Crippen molar-refractivity contribution in [3.63, 3.8) is 0 Å². The van der Waals surface area contributed by atoms with Crippen LogP contribution in [0.1, 0.15) is 56.5 Å². The highest BCUT2D eigenvalue weighted by atomic mass is 16.6. The zero-order chi connectivity index (χ0) is 23.2. The minimum absolute atomic E-state index is 0.0750. The van der Waals surface area contributed by atoms with E-state index in [0.717, 1.165) is 0 Å². The summed E-state index contributed by atoms with van der Waals surface area (Å²) < 4.78 is 10.8. The largest absolute Gasteiger partial charge is 0.458 e. The van der Waals surface area contributed by atoms with Crippen LogP contribution in [0.5, 0.6) is 0 Å². The van der Waals surface area contributed by atoms with E-state index in [1.165, 1.54) is 0 Å². The Labute approximate surface area is 182 Å². The van der Waals surface area contributed by atoms with E-state index in [0.29, 0.717) is 37.1 Å². The van der Waals surface area contributed by atoms with Gasteiger partial charge >= 0.3 is 5.97 Å². The number of amides is 2. The second-order valence-corrected chi connectivity index (χ2v) is 8.61. The average molecular weight is 433 g/mol. The molecule has 1 atom stereocenters. The monoisotopic (exact) mass is 432 g/mol. The maximum atomic E-state index is 12.7. The van der Waals surface area contributed by atoms with Gasteiger partial charge in [-0.15, -0.1) is 0 Å². The normalized spacial score (nSPS) is 15.8. The van der Waals surface area contributed by atoms with E-state index in [9.17, 15) is 14.4 Å². The summed E-state index contributed by atoms with van der Waals surface area (Å²) in [7, 11) is 0. The number of nitrogens with one attached hydrogen (secondary N) is 2. The van der Waals surface area contributed by atoms with Crippen LogP contribution in [-0.4, -0.2) is 66.0 Å². The number of esters is 1. The predicted octanol–water partition coefficient (Wildman–Crippen LogP) is 1.44. The molecule has 31 heavy (non-hydrogen) atoms. The molecule has 0 aliphatic carbocycles. The third-order valence-electron chi connectivity index (χ3n) is 4.79. The average Bonchev–Trinajstić information content (AvgIpc) is 2.70. The molecule has 2 amide bonds. The summed E-state index contributed by atoms with van der Waals surface area (Å²) >= 11 is 0. The van der Waals surface area contributed by atoms with Gasteiger partial charge in [0.2, 0.25) is 5.91 Å². The second-order valence-electron chi connectivity index (χ2n) is 8.61. The Bertz CT molecular complexity index is 808. The molecule has 0 unspecified atom stereocenters. The van der Waals surface area contributed by atoms with Crippen molar-refractivity contribution in [2.75, 3.05) is 19.7 Å². The van der Waals surface area contributed by atoms with Gasteiger partial charge in [0.1, 0.15) is 24.1 Å². The molecular formula is C22H32N4O5. The molecule has 1 aliphatic rings. The smallest absolute Gasteiger partial charge is 0.332 e. The number of piperidine rings is 1. The molecule has 0 saturated carbocycles. The number of likely N-dealkylation sites (tertiary alicyclic amines) is 1. The third kappa shape index (κ3) is 7.67. The second kappa shape index (κ2) is 10.4. The van der Waals surface area contributed by atoms with Crippen molar-refractivity contribution in [3.8, 4) is 0 Å². The highest BCUT2D eigenvalue weighted by Crippen LogP contribution is 2.16. The lowest BCUT2D eigenvalue weighted by Gasteiger charge is -2.33. The van der Waals surface area contributed by atoms with Gasteiger partial charge in [-0.2, -0.15) is 0 Å². The van der Waals surface area contributed by atoms with Gasteiger partial charge in [0.05, 0.1) is 6.10 Å². The molecule has 0 spiro atoms. The Hall–Kier alpha value is -2.94. The Morgan fingerprint density at radius 1 is 1.16 bits per heavy atom. The van der Waals surface area contributed by atoms with Gasteiger partial charge in [-0.1, -0.05) is 12.1 Å². The molecule has 4 N–H and O–H groups in total. The van der Waals surface area contributed by atoms with Gasteiger partial charge < -0.3 is 25.4 Å². The van der Waals surface area contributed by atoms with Crippen LogP contribution in [0.15, 0.2) is 24.3 Å². The van der Waals surface area contributed by atoms with E-state index in [2.05, 4.69) is 5.32 Å². The van der Waals surface area contributed by atoms with Gasteiger partial charge in [-0.05, 0) is 52.7 Å². The number of hydrogen-bond acceptors (Lipinski definition) is 6. The van der Waals surface area contributed by atoms with E-state index in [-0.39, 0.29) is 30.4 Å². The summed E-state index contributed by atoms with van der Waals surface area (Å²) in [6.45, 7) is 7.93. The number of ether oxygens (including phenoxy) is 2. The highest BCUT2D eigenvalue weighted by Gasteiger charge is 2.28. The molecule has 170 valence electrons. The summed E-state index contributed by atoms with van der Waals surface area (Å²) in [5, 5.41) is 10.1. The van der Waals surface area contributed by atoms with Crippen LogP contribution < -0.4 is 11.1 Å². The van der Waals surface area contributed by atoms with Crippen LogP contribution in [0.25, 0.3) is 0 Å². The molecule has 0 radical (unpaired) electrons. The predicted molar refractivity (Wildman–Crippen MR) is 116 cm³/mol. The van der Waals surface area contributed by atoms with Crippen LogP contribution in [0.3, 0.4) is 0 Å². The van der Waals surface area contributed by atoms with Crippen molar-refractivity contribution in [1.29, 1.82) is 5.41 Å². The first-order chi connectivity index (χ1) is 14.5. The number of hydrogen-bond donors (Lipinski definition) is 3. The lowest BCUT2D eigenvalue weighted by atomic mass is 10.1. The Morgan fingerprint density at radius 2 is 1.71 bits per heavy atom. The third-order valence-corrected chi connectivity index (χ3v) is 4.79. The molecule has 2 rings (SSSR count). The van der Waals surface area contributed by atoms with Crippen molar-refractivity contribution in [2.24, 2.45) is 5.73 Å². The highest BCUT2D eigenvalue weighted by molar-refractivity contribution is 5.99. The van der Waals surface area contributed by atoms with E-state index in [1.807, 2.05) is 0 Å². The number of carbonyl (C=O) groups is 3. The van der Waals surface area contributed by atoms with Crippen molar-refractivity contribution >= 4 is 23.6 Å². The van der Waals surface area contributed by atoms with Gasteiger partial charge in [-0.3, -0.25) is 15.0 Å². The number of nitrogens with zero attached hydrogens (tertiary/aromatic N) is 1. The van der Waals surface area contributed by atoms with E-state index < -0.39 is 17.6 Å². The molecule has 0 aromatic heterocycles. The summed E-state index contributed by atoms with van der Waals surface area (Å²) in [6, 6.07) is 5.63.